The van der Waals surface area contributed by atoms with Crippen LogP contribution in [0.1, 0.15) is 84.5 Å². The van der Waals surface area contributed by atoms with Crippen LogP contribution >= 0.6 is 0 Å². The van der Waals surface area contributed by atoms with Crippen molar-refractivity contribution in [2.24, 2.45) is 0 Å². The molecule has 0 radical (unpaired) electrons. The quantitative estimate of drug-likeness (QED) is 0.336. The highest BCUT2D eigenvalue weighted by Crippen LogP contribution is 2.10. The first-order valence-electron chi connectivity index (χ1n) is 8.60. The monoisotopic (exact) mass is 285 g/mol. The van der Waals surface area contributed by atoms with Crippen LogP contribution in [-0.4, -0.2) is 25.7 Å². The van der Waals surface area contributed by atoms with Gasteiger partial charge in [0, 0.05) is 13.2 Å². The normalized spacial score (nSPS) is 12.3. The van der Waals surface area contributed by atoms with Gasteiger partial charge < -0.3 is 10.1 Å². The molecule has 0 rings (SSSR count). The lowest BCUT2D eigenvalue weighted by Gasteiger charge is -2.12. The van der Waals surface area contributed by atoms with E-state index in [9.17, 15) is 4.79 Å². The average molecular weight is 285 g/mol. The molecule has 1 atom stereocenters. The van der Waals surface area contributed by atoms with Crippen molar-refractivity contribution in [3.8, 4) is 0 Å². The Kier molecular flexibility index (Phi) is 16.0. The van der Waals surface area contributed by atoms with Crippen molar-refractivity contribution < 1.29 is 9.53 Å². The molecule has 0 bridgehead atoms. The van der Waals surface area contributed by atoms with E-state index in [1.807, 2.05) is 0 Å². The smallest absolute Gasteiger partial charge is 0.207 e. The Bertz CT molecular complexity index is 197. The minimum absolute atomic E-state index is 0.251. The van der Waals surface area contributed by atoms with Crippen LogP contribution in [0.4, 0.5) is 0 Å². The van der Waals surface area contributed by atoms with Crippen molar-refractivity contribution in [2.75, 3.05) is 13.2 Å². The number of carbonyl (C=O) groups excluding carboxylic acids is 1. The van der Waals surface area contributed by atoms with Crippen LogP contribution in [0.15, 0.2) is 0 Å². The standard InChI is InChI=1S/C17H35NO2/c1-3-4-5-6-7-8-9-10-11-12-15-20-17(2)13-14-18-16-19/h16-17H,3-15H2,1-2H3,(H,18,19). The maximum Gasteiger partial charge on any atom is 0.207 e. The number of ether oxygens (including phenoxy) is 1. The third kappa shape index (κ3) is 15.5. The molecule has 0 aromatic carbocycles. The van der Waals surface area contributed by atoms with Gasteiger partial charge in [0.25, 0.3) is 0 Å². The number of unbranched alkanes of at least 4 members (excludes halogenated alkanes) is 9. The molecule has 3 heteroatoms. The lowest BCUT2D eigenvalue weighted by Crippen LogP contribution is -2.19. The molecule has 1 amide bonds. The van der Waals surface area contributed by atoms with Gasteiger partial charge in [-0.05, 0) is 19.8 Å². The minimum atomic E-state index is 0.251. The molecular formula is C17H35NO2. The molecular weight excluding hydrogens is 250 g/mol. The molecule has 0 aliphatic heterocycles. The Morgan fingerprint density at radius 2 is 1.50 bits per heavy atom. The fraction of sp³-hybridized carbons (Fsp3) is 0.941. The Hall–Kier alpha value is -0.570. The van der Waals surface area contributed by atoms with Crippen molar-refractivity contribution >= 4 is 6.41 Å². The topological polar surface area (TPSA) is 38.3 Å². The van der Waals surface area contributed by atoms with E-state index in [0.717, 1.165) is 19.4 Å². The highest BCUT2D eigenvalue weighted by Gasteiger charge is 2.01. The lowest BCUT2D eigenvalue weighted by molar-refractivity contribution is -0.109. The van der Waals surface area contributed by atoms with Gasteiger partial charge in [-0.3, -0.25) is 4.79 Å². The summed E-state index contributed by atoms with van der Waals surface area (Å²) in [4.78, 5) is 10.1. The van der Waals surface area contributed by atoms with Gasteiger partial charge in [0.15, 0.2) is 0 Å². The molecule has 0 saturated heterocycles. The van der Waals surface area contributed by atoms with E-state index in [-0.39, 0.29) is 6.10 Å². The van der Waals surface area contributed by atoms with E-state index in [0.29, 0.717) is 6.54 Å². The average Bonchev–Trinajstić information content (AvgIpc) is 2.45. The predicted molar refractivity (Wildman–Crippen MR) is 85.9 cm³/mol. The van der Waals surface area contributed by atoms with Gasteiger partial charge in [0.2, 0.25) is 6.41 Å². The number of hydrogen-bond acceptors (Lipinski definition) is 2. The Labute approximate surface area is 125 Å². The second kappa shape index (κ2) is 16.5. The first kappa shape index (κ1) is 19.4. The lowest BCUT2D eigenvalue weighted by atomic mass is 10.1. The number of rotatable bonds is 16. The zero-order chi connectivity index (χ0) is 14.9. The third-order valence-electron chi connectivity index (χ3n) is 3.68. The highest BCUT2D eigenvalue weighted by molar-refractivity contribution is 5.45. The summed E-state index contributed by atoms with van der Waals surface area (Å²) >= 11 is 0. The van der Waals surface area contributed by atoms with Gasteiger partial charge in [-0.1, -0.05) is 64.7 Å². The maximum absolute atomic E-state index is 10.1. The van der Waals surface area contributed by atoms with Crippen molar-refractivity contribution in [2.45, 2.75) is 90.6 Å². The summed E-state index contributed by atoms with van der Waals surface area (Å²) in [6.07, 6.45) is 15.5. The highest BCUT2D eigenvalue weighted by atomic mass is 16.5. The summed E-state index contributed by atoms with van der Waals surface area (Å²) in [5, 5.41) is 2.66. The zero-order valence-electron chi connectivity index (χ0n) is 13.7. The van der Waals surface area contributed by atoms with Crippen molar-refractivity contribution in [1.29, 1.82) is 0 Å². The van der Waals surface area contributed by atoms with Crippen LogP contribution in [-0.2, 0) is 9.53 Å². The van der Waals surface area contributed by atoms with E-state index in [1.54, 1.807) is 0 Å². The fourth-order valence-corrected chi connectivity index (χ4v) is 2.30. The molecule has 0 heterocycles. The summed E-state index contributed by atoms with van der Waals surface area (Å²) < 4.78 is 5.70. The number of amides is 1. The van der Waals surface area contributed by atoms with Crippen LogP contribution in [0.25, 0.3) is 0 Å². The van der Waals surface area contributed by atoms with Gasteiger partial charge in [-0.25, -0.2) is 0 Å². The zero-order valence-corrected chi connectivity index (χ0v) is 13.7. The molecule has 0 spiro atoms. The Morgan fingerprint density at radius 1 is 0.950 bits per heavy atom. The Morgan fingerprint density at radius 3 is 2.05 bits per heavy atom. The third-order valence-corrected chi connectivity index (χ3v) is 3.68. The summed E-state index contributed by atoms with van der Waals surface area (Å²) in [6, 6.07) is 0. The van der Waals surface area contributed by atoms with Crippen LogP contribution in [0, 0.1) is 0 Å². The number of nitrogens with one attached hydrogen (secondary N) is 1. The van der Waals surface area contributed by atoms with E-state index in [1.165, 1.54) is 64.2 Å². The molecule has 20 heavy (non-hydrogen) atoms. The molecule has 0 fully saturated rings. The Balaban J connectivity index is 3.06. The van der Waals surface area contributed by atoms with Crippen LogP contribution in [0.2, 0.25) is 0 Å². The van der Waals surface area contributed by atoms with E-state index in [2.05, 4.69) is 19.2 Å². The fourth-order valence-electron chi connectivity index (χ4n) is 2.30. The summed E-state index contributed by atoms with van der Waals surface area (Å²) in [5.74, 6) is 0. The van der Waals surface area contributed by atoms with Crippen molar-refractivity contribution in [1.82, 2.24) is 5.32 Å². The molecule has 0 aromatic heterocycles. The van der Waals surface area contributed by atoms with E-state index < -0.39 is 0 Å². The molecule has 120 valence electrons. The van der Waals surface area contributed by atoms with E-state index >= 15 is 0 Å². The number of carbonyl (C=O) groups is 1. The summed E-state index contributed by atoms with van der Waals surface area (Å²) in [6.45, 7) is 5.91. The second-order valence-corrected chi connectivity index (χ2v) is 5.72. The SMILES string of the molecule is CCCCCCCCCCCCOC(C)CCNC=O. The first-order chi connectivity index (χ1) is 9.81. The van der Waals surface area contributed by atoms with Gasteiger partial charge >= 0.3 is 0 Å². The predicted octanol–water partition coefficient (Wildman–Crippen LogP) is 4.45. The van der Waals surface area contributed by atoms with Gasteiger partial charge in [-0.2, -0.15) is 0 Å². The summed E-state index contributed by atoms with van der Waals surface area (Å²) in [7, 11) is 0. The molecule has 0 aliphatic carbocycles. The maximum atomic E-state index is 10.1. The van der Waals surface area contributed by atoms with Gasteiger partial charge in [0.1, 0.15) is 0 Å². The molecule has 0 saturated carbocycles. The van der Waals surface area contributed by atoms with Crippen molar-refractivity contribution in [3.63, 3.8) is 0 Å². The minimum Gasteiger partial charge on any atom is -0.378 e. The molecule has 0 aromatic rings. The van der Waals surface area contributed by atoms with E-state index in [4.69, 9.17) is 4.74 Å². The summed E-state index contributed by atoms with van der Waals surface area (Å²) in [5.41, 5.74) is 0. The molecule has 1 N–H and O–H groups in total. The molecule has 1 unspecified atom stereocenters. The number of hydrogen-bond donors (Lipinski definition) is 1. The van der Waals surface area contributed by atoms with Gasteiger partial charge in [0.05, 0.1) is 6.10 Å². The van der Waals surface area contributed by atoms with Crippen LogP contribution < -0.4 is 5.32 Å². The largest absolute Gasteiger partial charge is 0.378 e. The van der Waals surface area contributed by atoms with Crippen LogP contribution in [0.5, 0.6) is 0 Å². The molecule has 3 nitrogen and oxygen atoms in total. The van der Waals surface area contributed by atoms with Crippen LogP contribution in [0.3, 0.4) is 0 Å². The molecule has 0 aliphatic rings. The van der Waals surface area contributed by atoms with Crippen molar-refractivity contribution in [3.05, 3.63) is 0 Å². The second-order valence-electron chi connectivity index (χ2n) is 5.72. The first-order valence-corrected chi connectivity index (χ1v) is 8.60. The van der Waals surface area contributed by atoms with Gasteiger partial charge in [-0.15, -0.1) is 0 Å².